The van der Waals surface area contributed by atoms with Crippen LogP contribution in [0.2, 0.25) is 5.02 Å². The SMILES string of the molecule is COC(=O)C1CCCN(C(=O)c2cc(N)ccc2Cl)C1. The highest BCUT2D eigenvalue weighted by Crippen LogP contribution is 2.24. The second kappa shape index (κ2) is 6.13. The van der Waals surface area contributed by atoms with Crippen molar-refractivity contribution in [2.45, 2.75) is 12.8 Å². The summed E-state index contributed by atoms with van der Waals surface area (Å²) >= 11 is 6.04. The van der Waals surface area contributed by atoms with E-state index in [0.29, 0.717) is 29.4 Å². The lowest BCUT2D eigenvalue weighted by atomic mass is 9.97. The van der Waals surface area contributed by atoms with Crippen LogP contribution in [0.25, 0.3) is 0 Å². The lowest BCUT2D eigenvalue weighted by Crippen LogP contribution is -2.42. The molecule has 1 heterocycles. The Kier molecular flexibility index (Phi) is 4.49. The van der Waals surface area contributed by atoms with Crippen LogP contribution in [0.1, 0.15) is 23.2 Å². The number of nitrogens with zero attached hydrogens (tertiary/aromatic N) is 1. The van der Waals surface area contributed by atoms with Gasteiger partial charge in [0.15, 0.2) is 0 Å². The summed E-state index contributed by atoms with van der Waals surface area (Å²) < 4.78 is 4.74. The fourth-order valence-electron chi connectivity index (χ4n) is 2.40. The van der Waals surface area contributed by atoms with Gasteiger partial charge in [-0.25, -0.2) is 0 Å². The number of likely N-dealkylation sites (tertiary alicyclic amines) is 1. The quantitative estimate of drug-likeness (QED) is 0.669. The van der Waals surface area contributed by atoms with Crippen molar-refractivity contribution in [3.05, 3.63) is 28.8 Å². The van der Waals surface area contributed by atoms with Gasteiger partial charge < -0.3 is 15.4 Å². The number of halogens is 1. The first-order valence-corrected chi connectivity index (χ1v) is 6.83. The third-order valence-electron chi connectivity index (χ3n) is 3.46. The highest BCUT2D eigenvalue weighted by Gasteiger charge is 2.30. The van der Waals surface area contributed by atoms with Crippen LogP contribution in [0.15, 0.2) is 18.2 Å². The number of nitrogens with two attached hydrogens (primary N) is 1. The predicted octanol–water partition coefficient (Wildman–Crippen LogP) is 1.95. The number of carbonyl (C=O) groups is 2. The van der Waals surface area contributed by atoms with E-state index in [1.165, 1.54) is 7.11 Å². The van der Waals surface area contributed by atoms with Gasteiger partial charge in [-0.15, -0.1) is 0 Å². The number of esters is 1. The predicted molar refractivity (Wildman–Crippen MR) is 76.5 cm³/mol. The van der Waals surface area contributed by atoms with Crippen LogP contribution < -0.4 is 5.73 Å². The van der Waals surface area contributed by atoms with E-state index in [1.807, 2.05) is 0 Å². The van der Waals surface area contributed by atoms with Gasteiger partial charge in [0.25, 0.3) is 5.91 Å². The molecule has 1 atom stereocenters. The van der Waals surface area contributed by atoms with Crippen molar-refractivity contribution in [1.29, 1.82) is 0 Å². The van der Waals surface area contributed by atoms with Crippen LogP contribution >= 0.6 is 11.6 Å². The largest absolute Gasteiger partial charge is 0.469 e. The minimum absolute atomic E-state index is 0.198. The molecular weight excluding hydrogens is 280 g/mol. The number of hydrogen-bond acceptors (Lipinski definition) is 4. The number of carbonyl (C=O) groups excluding carboxylic acids is 2. The van der Waals surface area contributed by atoms with Gasteiger partial charge in [-0.2, -0.15) is 0 Å². The third kappa shape index (κ3) is 3.04. The summed E-state index contributed by atoms with van der Waals surface area (Å²) in [5, 5.41) is 0.365. The smallest absolute Gasteiger partial charge is 0.310 e. The monoisotopic (exact) mass is 296 g/mol. The molecule has 6 heteroatoms. The number of hydrogen-bond donors (Lipinski definition) is 1. The van der Waals surface area contributed by atoms with Crippen LogP contribution in [0, 0.1) is 5.92 Å². The number of amides is 1. The molecule has 0 spiro atoms. The molecule has 2 rings (SSSR count). The van der Waals surface area contributed by atoms with Crippen molar-refractivity contribution < 1.29 is 14.3 Å². The standard InChI is InChI=1S/C14H17ClN2O3/c1-20-14(19)9-3-2-6-17(8-9)13(18)11-7-10(16)4-5-12(11)15/h4-5,7,9H,2-3,6,8,16H2,1H3. The van der Waals surface area contributed by atoms with E-state index in [4.69, 9.17) is 22.1 Å². The summed E-state index contributed by atoms with van der Waals surface area (Å²) in [6.45, 7) is 0.966. The molecule has 1 aromatic rings. The van der Waals surface area contributed by atoms with E-state index >= 15 is 0 Å². The number of benzene rings is 1. The molecule has 1 saturated heterocycles. The number of anilines is 1. The van der Waals surface area contributed by atoms with Gasteiger partial charge in [-0.1, -0.05) is 11.6 Å². The molecule has 1 fully saturated rings. The van der Waals surface area contributed by atoms with E-state index in [2.05, 4.69) is 0 Å². The van der Waals surface area contributed by atoms with Crippen LogP contribution in [0.3, 0.4) is 0 Å². The molecule has 1 aromatic carbocycles. The molecule has 108 valence electrons. The maximum Gasteiger partial charge on any atom is 0.310 e. The molecule has 1 aliphatic rings. The van der Waals surface area contributed by atoms with E-state index < -0.39 is 0 Å². The highest BCUT2D eigenvalue weighted by atomic mass is 35.5. The second-order valence-electron chi connectivity index (χ2n) is 4.85. The van der Waals surface area contributed by atoms with Gasteiger partial charge in [0, 0.05) is 18.8 Å². The molecule has 1 amide bonds. The molecule has 0 bridgehead atoms. The van der Waals surface area contributed by atoms with Crippen LogP contribution in [0.4, 0.5) is 5.69 Å². The van der Waals surface area contributed by atoms with Gasteiger partial charge in [0.1, 0.15) is 0 Å². The average molecular weight is 297 g/mol. The first-order chi connectivity index (χ1) is 9.52. The second-order valence-corrected chi connectivity index (χ2v) is 5.26. The summed E-state index contributed by atoms with van der Waals surface area (Å²) in [5.74, 6) is -0.741. The van der Waals surface area contributed by atoms with Gasteiger partial charge in [-0.3, -0.25) is 9.59 Å². The normalized spacial score (nSPS) is 18.7. The van der Waals surface area contributed by atoms with Crippen molar-refractivity contribution in [2.24, 2.45) is 5.92 Å². The molecule has 1 aliphatic heterocycles. The first-order valence-electron chi connectivity index (χ1n) is 6.45. The number of rotatable bonds is 2. The molecule has 0 aliphatic carbocycles. The average Bonchev–Trinajstić information content (AvgIpc) is 2.48. The number of piperidine rings is 1. The molecule has 0 aromatic heterocycles. The number of ether oxygens (including phenoxy) is 1. The fourth-order valence-corrected chi connectivity index (χ4v) is 2.60. The fraction of sp³-hybridized carbons (Fsp3) is 0.429. The van der Waals surface area contributed by atoms with Crippen molar-refractivity contribution in [1.82, 2.24) is 4.90 Å². The molecule has 20 heavy (non-hydrogen) atoms. The highest BCUT2D eigenvalue weighted by molar-refractivity contribution is 6.34. The van der Waals surface area contributed by atoms with Gasteiger partial charge in [0.05, 0.1) is 23.6 Å². The zero-order chi connectivity index (χ0) is 14.7. The Hall–Kier alpha value is -1.75. The van der Waals surface area contributed by atoms with E-state index in [-0.39, 0.29) is 17.8 Å². The van der Waals surface area contributed by atoms with Crippen molar-refractivity contribution in [3.8, 4) is 0 Å². The van der Waals surface area contributed by atoms with E-state index in [0.717, 1.165) is 12.8 Å². The lowest BCUT2D eigenvalue weighted by molar-refractivity contribution is -0.146. The van der Waals surface area contributed by atoms with Gasteiger partial charge in [-0.05, 0) is 31.0 Å². The minimum atomic E-state index is -0.277. The summed E-state index contributed by atoms with van der Waals surface area (Å²) in [7, 11) is 1.36. The van der Waals surface area contributed by atoms with Crippen molar-refractivity contribution >= 4 is 29.2 Å². The Balaban J connectivity index is 2.16. The summed E-state index contributed by atoms with van der Waals surface area (Å²) in [5.41, 5.74) is 6.55. The number of nitrogen functional groups attached to an aromatic ring is 1. The van der Waals surface area contributed by atoms with Crippen LogP contribution in [-0.4, -0.2) is 37.0 Å². The van der Waals surface area contributed by atoms with Crippen molar-refractivity contribution in [3.63, 3.8) is 0 Å². The topological polar surface area (TPSA) is 72.6 Å². The summed E-state index contributed by atoms with van der Waals surface area (Å²) in [6.07, 6.45) is 1.51. The maximum atomic E-state index is 12.5. The molecular formula is C14H17ClN2O3. The van der Waals surface area contributed by atoms with Crippen molar-refractivity contribution in [2.75, 3.05) is 25.9 Å². The Morgan fingerprint density at radius 2 is 2.20 bits per heavy atom. The molecule has 5 nitrogen and oxygen atoms in total. The van der Waals surface area contributed by atoms with Gasteiger partial charge in [0.2, 0.25) is 0 Å². The third-order valence-corrected chi connectivity index (χ3v) is 3.79. The molecule has 1 unspecified atom stereocenters. The summed E-state index contributed by atoms with van der Waals surface area (Å²) in [6, 6.07) is 4.81. The molecule has 0 saturated carbocycles. The van der Waals surface area contributed by atoms with Crippen LogP contribution in [-0.2, 0) is 9.53 Å². The lowest BCUT2D eigenvalue weighted by Gasteiger charge is -2.31. The van der Waals surface area contributed by atoms with E-state index in [9.17, 15) is 9.59 Å². The molecule has 0 radical (unpaired) electrons. The molecule has 2 N–H and O–H groups in total. The first kappa shape index (κ1) is 14.7. The zero-order valence-corrected chi connectivity index (χ0v) is 12.0. The number of methoxy groups -OCH3 is 1. The van der Waals surface area contributed by atoms with Gasteiger partial charge >= 0.3 is 5.97 Å². The minimum Gasteiger partial charge on any atom is -0.469 e. The Bertz CT molecular complexity index is 533. The Morgan fingerprint density at radius 3 is 2.90 bits per heavy atom. The Morgan fingerprint density at radius 1 is 1.45 bits per heavy atom. The van der Waals surface area contributed by atoms with Crippen LogP contribution in [0.5, 0.6) is 0 Å². The zero-order valence-electron chi connectivity index (χ0n) is 11.3. The Labute approximate surface area is 122 Å². The maximum absolute atomic E-state index is 12.5. The van der Waals surface area contributed by atoms with E-state index in [1.54, 1.807) is 23.1 Å². The summed E-state index contributed by atoms with van der Waals surface area (Å²) in [4.78, 5) is 25.7.